The van der Waals surface area contributed by atoms with Crippen molar-refractivity contribution in [2.24, 2.45) is 0 Å². The lowest BCUT2D eigenvalue weighted by molar-refractivity contribution is -0.274. The third-order valence-corrected chi connectivity index (χ3v) is 5.80. The number of hydrogen-bond donors (Lipinski definition) is 2. The van der Waals surface area contributed by atoms with E-state index < -0.39 is 12.4 Å². The SMILES string of the molecule is COc1ccc(CCNC(=O)C(NSC)c2ccc(-c3ccc(OC(F)(F)F)cc3)cc2)cc1OC. The van der Waals surface area contributed by atoms with E-state index in [2.05, 4.69) is 14.8 Å². The molecule has 10 heteroatoms. The summed E-state index contributed by atoms with van der Waals surface area (Å²) in [5, 5.41) is 2.96. The molecule has 3 rings (SSSR count). The van der Waals surface area contributed by atoms with Crippen molar-refractivity contribution in [2.75, 3.05) is 27.0 Å². The fourth-order valence-corrected chi connectivity index (χ4v) is 4.05. The van der Waals surface area contributed by atoms with Gasteiger partial charge >= 0.3 is 6.36 Å². The van der Waals surface area contributed by atoms with Crippen molar-refractivity contribution in [1.29, 1.82) is 0 Å². The molecule has 0 heterocycles. The Morgan fingerprint density at radius 1 is 0.917 bits per heavy atom. The highest BCUT2D eigenvalue weighted by Gasteiger charge is 2.31. The van der Waals surface area contributed by atoms with Crippen LogP contribution in [-0.4, -0.2) is 39.3 Å². The van der Waals surface area contributed by atoms with E-state index in [4.69, 9.17) is 9.47 Å². The topological polar surface area (TPSA) is 68.8 Å². The van der Waals surface area contributed by atoms with Gasteiger partial charge in [-0.25, -0.2) is 4.72 Å². The van der Waals surface area contributed by atoms with E-state index in [9.17, 15) is 18.0 Å². The van der Waals surface area contributed by atoms with Gasteiger partial charge in [0.15, 0.2) is 11.5 Å². The summed E-state index contributed by atoms with van der Waals surface area (Å²) < 4.78 is 54.7. The number of benzene rings is 3. The van der Waals surface area contributed by atoms with Gasteiger partial charge in [-0.2, -0.15) is 0 Å². The molecule has 0 fully saturated rings. The maximum Gasteiger partial charge on any atom is 0.573 e. The Morgan fingerprint density at radius 3 is 2.08 bits per heavy atom. The summed E-state index contributed by atoms with van der Waals surface area (Å²) in [5.41, 5.74) is 3.28. The van der Waals surface area contributed by atoms with Crippen molar-refractivity contribution in [3.63, 3.8) is 0 Å². The van der Waals surface area contributed by atoms with Gasteiger partial charge in [-0.1, -0.05) is 54.4 Å². The number of rotatable bonds is 11. The van der Waals surface area contributed by atoms with Crippen molar-refractivity contribution in [1.82, 2.24) is 10.0 Å². The lowest BCUT2D eigenvalue weighted by Gasteiger charge is -2.18. The highest BCUT2D eigenvalue weighted by Crippen LogP contribution is 2.29. The molecular weight excluding hydrogens is 493 g/mol. The standard InChI is InChI=1S/C26H27F3N2O4S/c1-33-22-13-4-17(16-23(22)34-2)14-15-30-25(32)24(31-36-3)20-7-5-18(6-8-20)19-9-11-21(12-10-19)35-26(27,28)29/h4-13,16,24,31H,14-15H2,1-3H3,(H,30,32). The van der Waals surface area contributed by atoms with Crippen LogP contribution in [0.3, 0.4) is 0 Å². The van der Waals surface area contributed by atoms with Crippen LogP contribution in [0.25, 0.3) is 11.1 Å². The largest absolute Gasteiger partial charge is 0.573 e. The van der Waals surface area contributed by atoms with E-state index in [0.717, 1.165) is 22.3 Å². The molecule has 1 amide bonds. The minimum absolute atomic E-state index is 0.175. The van der Waals surface area contributed by atoms with Crippen molar-refractivity contribution >= 4 is 17.9 Å². The van der Waals surface area contributed by atoms with Crippen molar-refractivity contribution in [2.45, 2.75) is 18.8 Å². The predicted molar refractivity (Wildman–Crippen MR) is 134 cm³/mol. The Bertz CT molecular complexity index is 1140. The lowest BCUT2D eigenvalue weighted by atomic mass is 10.0. The first-order chi connectivity index (χ1) is 17.2. The second kappa shape index (κ2) is 12.5. The second-order valence-corrected chi connectivity index (χ2v) is 8.32. The van der Waals surface area contributed by atoms with E-state index in [0.29, 0.717) is 24.5 Å². The maximum atomic E-state index is 12.9. The van der Waals surface area contributed by atoms with Crippen LogP contribution in [0.4, 0.5) is 13.2 Å². The summed E-state index contributed by atoms with van der Waals surface area (Å²) in [6.07, 6.45) is -2.28. The molecule has 1 unspecified atom stereocenters. The summed E-state index contributed by atoms with van der Waals surface area (Å²) >= 11 is 1.33. The first-order valence-electron chi connectivity index (χ1n) is 11.0. The van der Waals surface area contributed by atoms with E-state index in [-0.39, 0.29) is 11.7 Å². The van der Waals surface area contributed by atoms with Gasteiger partial charge in [0.1, 0.15) is 11.8 Å². The zero-order valence-corrected chi connectivity index (χ0v) is 20.8. The molecule has 0 aliphatic rings. The average molecular weight is 521 g/mol. The molecule has 1 atom stereocenters. The Kier molecular flexibility index (Phi) is 9.49. The highest BCUT2D eigenvalue weighted by atomic mass is 32.2. The molecule has 0 aliphatic carbocycles. The van der Waals surface area contributed by atoms with Crippen molar-refractivity contribution in [3.8, 4) is 28.4 Å². The fourth-order valence-electron chi connectivity index (χ4n) is 3.58. The minimum Gasteiger partial charge on any atom is -0.493 e. The molecule has 36 heavy (non-hydrogen) atoms. The minimum atomic E-state index is -4.73. The molecule has 0 radical (unpaired) electrons. The quantitative estimate of drug-likeness (QED) is 0.324. The monoisotopic (exact) mass is 520 g/mol. The van der Waals surface area contributed by atoms with E-state index in [1.165, 1.54) is 24.1 Å². The number of carbonyl (C=O) groups excluding carboxylic acids is 1. The summed E-state index contributed by atoms with van der Waals surface area (Å²) in [6.45, 7) is 0.436. The summed E-state index contributed by atoms with van der Waals surface area (Å²) in [4.78, 5) is 12.9. The summed E-state index contributed by atoms with van der Waals surface area (Å²) in [5.74, 6) is 0.817. The highest BCUT2D eigenvalue weighted by molar-refractivity contribution is 7.96. The number of ether oxygens (including phenoxy) is 3. The molecule has 0 aromatic heterocycles. The Balaban J connectivity index is 1.63. The Morgan fingerprint density at radius 2 is 1.53 bits per heavy atom. The fraction of sp³-hybridized carbons (Fsp3) is 0.269. The Hall–Kier alpha value is -3.37. The molecule has 3 aromatic rings. The molecule has 2 N–H and O–H groups in total. The number of amides is 1. The van der Waals surface area contributed by atoms with Crippen molar-refractivity contribution in [3.05, 3.63) is 77.9 Å². The molecular formula is C26H27F3N2O4S. The van der Waals surface area contributed by atoms with Gasteiger partial charge in [-0.15, -0.1) is 13.2 Å². The number of carbonyl (C=O) groups is 1. The van der Waals surface area contributed by atoms with Crippen LogP contribution in [0.15, 0.2) is 66.7 Å². The van der Waals surface area contributed by atoms with Gasteiger partial charge in [0.05, 0.1) is 14.2 Å². The smallest absolute Gasteiger partial charge is 0.493 e. The maximum absolute atomic E-state index is 12.9. The van der Waals surface area contributed by atoms with Crippen LogP contribution in [0.2, 0.25) is 0 Å². The van der Waals surface area contributed by atoms with Crippen LogP contribution in [0.5, 0.6) is 17.2 Å². The first-order valence-corrected chi connectivity index (χ1v) is 12.2. The lowest BCUT2D eigenvalue weighted by Crippen LogP contribution is -2.36. The third kappa shape index (κ3) is 7.56. The van der Waals surface area contributed by atoms with E-state index in [1.54, 1.807) is 26.4 Å². The van der Waals surface area contributed by atoms with Crippen LogP contribution in [-0.2, 0) is 11.2 Å². The molecule has 3 aromatic carbocycles. The van der Waals surface area contributed by atoms with Gasteiger partial charge in [0, 0.05) is 6.54 Å². The van der Waals surface area contributed by atoms with Crippen LogP contribution in [0, 0.1) is 0 Å². The van der Waals surface area contributed by atoms with Crippen LogP contribution < -0.4 is 24.2 Å². The van der Waals surface area contributed by atoms with Gasteiger partial charge in [0.2, 0.25) is 5.91 Å². The number of hydrogen-bond acceptors (Lipinski definition) is 6. The molecule has 0 bridgehead atoms. The second-order valence-electron chi connectivity index (χ2n) is 7.68. The zero-order chi connectivity index (χ0) is 26.1. The number of nitrogens with one attached hydrogen (secondary N) is 2. The number of alkyl halides is 3. The Labute approximate surface area is 212 Å². The molecule has 6 nitrogen and oxygen atoms in total. The number of halogens is 3. The molecule has 0 saturated carbocycles. The normalized spacial score (nSPS) is 12.1. The van der Waals surface area contributed by atoms with Crippen molar-refractivity contribution < 1.29 is 32.2 Å². The predicted octanol–water partition coefficient (Wildman–Crippen LogP) is 5.54. The molecule has 0 saturated heterocycles. The average Bonchev–Trinajstić information content (AvgIpc) is 2.86. The number of methoxy groups -OCH3 is 2. The first kappa shape index (κ1) is 27.2. The third-order valence-electron chi connectivity index (χ3n) is 5.32. The summed E-state index contributed by atoms with van der Waals surface area (Å²) in [6, 6.07) is 17.9. The van der Waals surface area contributed by atoms with Gasteiger partial charge < -0.3 is 19.5 Å². The van der Waals surface area contributed by atoms with Gasteiger partial charge in [-0.05, 0) is 59.2 Å². The molecule has 0 aliphatic heterocycles. The molecule has 192 valence electrons. The van der Waals surface area contributed by atoms with Crippen LogP contribution >= 0.6 is 11.9 Å². The van der Waals surface area contributed by atoms with E-state index >= 15 is 0 Å². The summed E-state index contributed by atoms with van der Waals surface area (Å²) in [7, 11) is 3.15. The van der Waals surface area contributed by atoms with E-state index in [1.807, 2.05) is 48.7 Å². The zero-order valence-electron chi connectivity index (χ0n) is 20.0. The van der Waals surface area contributed by atoms with Crippen LogP contribution in [0.1, 0.15) is 17.2 Å². The molecule has 0 spiro atoms. The van der Waals surface area contributed by atoms with Gasteiger partial charge in [0.25, 0.3) is 0 Å². The van der Waals surface area contributed by atoms with Gasteiger partial charge in [-0.3, -0.25) is 4.79 Å².